The first kappa shape index (κ1) is 34.5. The molecule has 12 rings (SSSR count). The summed E-state index contributed by atoms with van der Waals surface area (Å²) in [5.41, 5.74) is 18.9. The highest BCUT2D eigenvalue weighted by molar-refractivity contribution is 6.26. The second-order valence-corrected chi connectivity index (χ2v) is 16.3. The van der Waals surface area contributed by atoms with Crippen molar-refractivity contribution in [1.82, 2.24) is 18.7 Å². The molecule has 0 spiro atoms. The topological polar surface area (TPSA) is 34.2 Å². The molecule has 1 aliphatic rings. The Bertz CT molecular complexity index is 3510. The maximum Gasteiger partial charge on any atom is 0.140 e. The molecule has 0 saturated heterocycles. The van der Waals surface area contributed by atoms with Crippen LogP contribution in [-0.4, -0.2) is 25.4 Å². The molecule has 3 aromatic heterocycles. The molecule has 0 unspecified atom stereocenters. The highest BCUT2D eigenvalue weighted by Gasteiger charge is 2.30. The van der Waals surface area contributed by atoms with Crippen molar-refractivity contribution in [2.75, 3.05) is 16.5 Å². The molecule has 0 aliphatic carbocycles. The summed E-state index contributed by atoms with van der Waals surface area (Å²) in [4.78, 5) is 10.1. The Labute approximate surface area is 348 Å². The lowest BCUT2D eigenvalue weighted by Gasteiger charge is -2.26. The Balaban J connectivity index is 1.12. The molecule has 288 valence electrons. The zero-order valence-corrected chi connectivity index (χ0v) is 34.1. The van der Waals surface area contributed by atoms with Gasteiger partial charge in [-0.2, -0.15) is 0 Å². The second kappa shape index (κ2) is 13.0. The summed E-state index contributed by atoms with van der Waals surface area (Å²) in [7, 11) is 2.12. The quantitative estimate of drug-likeness (QED) is 0.175. The third-order valence-electron chi connectivity index (χ3n) is 12.7. The number of anilines is 4. The number of benzene rings is 8. The summed E-state index contributed by atoms with van der Waals surface area (Å²) in [6.45, 7) is 7.37. The van der Waals surface area contributed by atoms with Crippen LogP contribution in [0.1, 0.15) is 16.7 Å². The van der Waals surface area contributed by atoms with Crippen molar-refractivity contribution in [3.8, 4) is 22.8 Å². The normalized spacial score (nSPS) is 12.9. The van der Waals surface area contributed by atoms with E-state index in [-0.39, 0.29) is 0 Å². The summed E-state index contributed by atoms with van der Waals surface area (Å²) >= 11 is 0. The summed E-state index contributed by atoms with van der Waals surface area (Å²) in [6.07, 6.45) is 0. The predicted octanol–water partition coefficient (Wildman–Crippen LogP) is 13.6. The first-order valence-corrected chi connectivity index (χ1v) is 20.7. The molecule has 0 saturated carbocycles. The van der Waals surface area contributed by atoms with Crippen molar-refractivity contribution in [2.45, 2.75) is 20.8 Å². The van der Waals surface area contributed by atoms with Gasteiger partial charge in [-0.05, 0) is 105 Å². The van der Waals surface area contributed by atoms with Gasteiger partial charge in [0, 0.05) is 56.9 Å². The zero-order chi connectivity index (χ0) is 40.2. The molecule has 0 radical (unpaired) electrons. The molecule has 0 fully saturated rings. The van der Waals surface area contributed by atoms with Crippen molar-refractivity contribution < 1.29 is 0 Å². The van der Waals surface area contributed by atoms with E-state index in [1.54, 1.807) is 0 Å². The van der Waals surface area contributed by atoms with Gasteiger partial charge < -0.3 is 23.5 Å². The average molecular weight is 775 g/mol. The molecule has 4 heterocycles. The Morgan fingerprint density at radius 2 is 1.13 bits per heavy atom. The number of aryl methyl sites for hydroxylation is 4. The van der Waals surface area contributed by atoms with Crippen LogP contribution in [0.4, 0.5) is 22.7 Å². The fourth-order valence-corrected chi connectivity index (χ4v) is 10.2. The summed E-state index contributed by atoms with van der Waals surface area (Å²) in [5, 5.41) is 4.91. The minimum atomic E-state index is 0.718. The molecular formula is C54H42N6. The minimum Gasteiger partial charge on any atom is -0.327 e. The molecule has 11 aromatic rings. The van der Waals surface area contributed by atoms with Gasteiger partial charge in [-0.15, -0.1) is 0 Å². The van der Waals surface area contributed by atoms with Crippen molar-refractivity contribution >= 4 is 77.4 Å². The van der Waals surface area contributed by atoms with Crippen LogP contribution in [0.2, 0.25) is 0 Å². The van der Waals surface area contributed by atoms with E-state index in [4.69, 9.17) is 4.98 Å². The van der Waals surface area contributed by atoms with Gasteiger partial charge in [0.1, 0.15) is 12.5 Å². The number of hydrogen-bond donors (Lipinski definition) is 0. The average Bonchev–Trinajstić information content (AvgIpc) is 4.01. The van der Waals surface area contributed by atoms with Gasteiger partial charge in [0.25, 0.3) is 0 Å². The van der Waals surface area contributed by atoms with E-state index >= 15 is 0 Å². The smallest absolute Gasteiger partial charge is 0.140 e. The molecule has 60 heavy (non-hydrogen) atoms. The molecule has 0 bridgehead atoms. The molecule has 8 aromatic carbocycles. The highest BCUT2D eigenvalue weighted by atomic mass is 15.4. The van der Waals surface area contributed by atoms with Crippen molar-refractivity contribution in [3.05, 3.63) is 187 Å². The standard InChI is InChI=1S/C54H42N6/c1-34-29-35(2)52(36(3)30-34)58-33-57(47-23-12-13-24-48(47)58)39-17-14-18-40(32-39)59-49-28-27-42-41-19-8-10-21-45(41)60(38-15-6-5-7-16-38)53(42)51(49)43-26-25-37(31-50(43)59)54-55-44-20-9-11-22-46(44)56(54)4/h5-32H,33H2,1-4H3. The number of para-hydroxylation sites is 6. The van der Waals surface area contributed by atoms with Crippen LogP contribution >= 0.6 is 0 Å². The Morgan fingerprint density at radius 1 is 0.467 bits per heavy atom. The third-order valence-corrected chi connectivity index (χ3v) is 12.7. The predicted molar refractivity (Wildman–Crippen MR) is 251 cm³/mol. The maximum atomic E-state index is 5.15. The molecule has 6 nitrogen and oxygen atoms in total. The van der Waals surface area contributed by atoms with E-state index in [9.17, 15) is 0 Å². The Kier molecular flexibility index (Phi) is 7.45. The monoisotopic (exact) mass is 774 g/mol. The van der Waals surface area contributed by atoms with E-state index in [2.05, 4.69) is 221 Å². The van der Waals surface area contributed by atoms with Crippen LogP contribution < -0.4 is 9.80 Å². The van der Waals surface area contributed by atoms with Gasteiger partial charge in [-0.3, -0.25) is 0 Å². The molecule has 1 aliphatic heterocycles. The van der Waals surface area contributed by atoms with E-state index < -0.39 is 0 Å². The third kappa shape index (κ3) is 4.97. The van der Waals surface area contributed by atoms with Gasteiger partial charge in [-0.25, -0.2) is 4.98 Å². The van der Waals surface area contributed by atoms with Crippen LogP contribution in [-0.2, 0) is 7.05 Å². The first-order chi connectivity index (χ1) is 29.4. The minimum absolute atomic E-state index is 0.718. The van der Waals surface area contributed by atoms with Gasteiger partial charge in [0.05, 0.1) is 44.5 Å². The lowest BCUT2D eigenvalue weighted by molar-refractivity contribution is 0.959. The summed E-state index contributed by atoms with van der Waals surface area (Å²) in [6, 6.07) is 62.1. The molecule has 0 amide bonds. The van der Waals surface area contributed by atoms with Crippen molar-refractivity contribution in [2.24, 2.45) is 7.05 Å². The molecule has 0 N–H and O–H groups in total. The molecular weight excluding hydrogens is 733 g/mol. The van der Waals surface area contributed by atoms with E-state index in [1.165, 1.54) is 66.3 Å². The van der Waals surface area contributed by atoms with Crippen LogP contribution in [0.25, 0.3) is 77.4 Å². The van der Waals surface area contributed by atoms with Crippen molar-refractivity contribution in [1.29, 1.82) is 0 Å². The summed E-state index contributed by atoms with van der Waals surface area (Å²) in [5.74, 6) is 0.947. The lowest BCUT2D eigenvalue weighted by atomic mass is 10.0. The van der Waals surface area contributed by atoms with Crippen molar-refractivity contribution in [3.63, 3.8) is 0 Å². The number of nitrogens with zero attached hydrogens (tertiary/aromatic N) is 6. The van der Waals surface area contributed by atoms with E-state index in [0.717, 1.165) is 57.2 Å². The highest BCUT2D eigenvalue weighted by Crippen LogP contribution is 2.47. The number of fused-ring (bicyclic) bond motifs is 9. The maximum absolute atomic E-state index is 5.15. The zero-order valence-electron chi connectivity index (χ0n) is 34.1. The molecule has 6 heteroatoms. The number of aromatic nitrogens is 4. The largest absolute Gasteiger partial charge is 0.327 e. The molecule has 0 atom stereocenters. The van der Waals surface area contributed by atoms with E-state index in [0.29, 0.717) is 0 Å². The second-order valence-electron chi connectivity index (χ2n) is 16.3. The van der Waals surface area contributed by atoms with Gasteiger partial charge in [0.15, 0.2) is 0 Å². The number of rotatable bonds is 5. The lowest BCUT2D eigenvalue weighted by Crippen LogP contribution is -2.25. The number of imidazole rings is 1. The SMILES string of the molecule is Cc1cc(C)c(N2CN(c3cccc(-n4c5cc(-c6nc7ccccc7n6C)ccc5c5c4ccc4c6ccccc6n(-c6ccccc6)c45)c3)c3ccccc32)c(C)c1. The van der Waals surface area contributed by atoms with Gasteiger partial charge in [0.2, 0.25) is 0 Å². The van der Waals surface area contributed by atoms with Crippen LogP contribution in [0, 0.1) is 20.8 Å². The number of hydrogen-bond acceptors (Lipinski definition) is 3. The van der Waals surface area contributed by atoms with Gasteiger partial charge in [-0.1, -0.05) is 103 Å². The summed E-state index contributed by atoms with van der Waals surface area (Å²) < 4.78 is 7.14. The van der Waals surface area contributed by atoms with Crippen LogP contribution in [0.3, 0.4) is 0 Å². The van der Waals surface area contributed by atoms with Gasteiger partial charge >= 0.3 is 0 Å². The fraction of sp³-hybridized carbons (Fsp3) is 0.0926. The Morgan fingerprint density at radius 3 is 1.93 bits per heavy atom. The first-order valence-electron chi connectivity index (χ1n) is 20.7. The van der Waals surface area contributed by atoms with E-state index in [1.807, 2.05) is 0 Å². The van der Waals surface area contributed by atoms with Crippen LogP contribution in [0.5, 0.6) is 0 Å². The van der Waals surface area contributed by atoms with Crippen LogP contribution in [0.15, 0.2) is 170 Å². The Hall–Kier alpha value is -7.57. The fourth-order valence-electron chi connectivity index (χ4n) is 10.2.